The maximum atomic E-state index is 10.4. The van der Waals surface area contributed by atoms with Crippen molar-refractivity contribution in [2.75, 3.05) is 0 Å². The standard InChI is InChI=1S/C17H30N.C7H8O3S/c1-2-3-4-5-6-7-8-9-10-12-15-18-16-13-11-14-17-18;1-6-2-4-7(5-3-6)11(8,9)10/h11,13-14,16-17H,2-10,12,15H2,1H3;2-5H,1H3,(H,8,9,10)/q+1;/p-1. The molecule has 2 aromatic rings. The number of unbranched alkanes of at least 4 members (excludes halogenated alkanes) is 9. The van der Waals surface area contributed by atoms with Crippen LogP contribution in [-0.4, -0.2) is 13.0 Å². The fourth-order valence-corrected chi connectivity index (χ4v) is 3.54. The Hall–Kier alpha value is -1.72. The molecule has 0 bridgehead atoms. The Morgan fingerprint density at radius 1 is 0.759 bits per heavy atom. The molecule has 0 atom stereocenters. The molecule has 4 nitrogen and oxygen atoms in total. The van der Waals surface area contributed by atoms with Crippen LogP contribution >= 0.6 is 0 Å². The molecule has 1 heterocycles. The molecule has 29 heavy (non-hydrogen) atoms. The lowest BCUT2D eigenvalue weighted by Gasteiger charge is -2.05. The summed E-state index contributed by atoms with van der Waals surface area (Å²) in [6, 6.07) is 12.1. The Morgan fingerprint density at radius 2 is 1.24 bits per heavy atom. The van der Waals surface area contributed by atoms with E-state index in [1.165, 1.54) is 82.9 Å². The van der Waals surface area contributed by atoms with E-state index < -0.39 is 10.1 Å². The van der Waals surface area contributed by atoms with Crippen LogP contribution in [0.4, 0.5) is 0 Å². The summed E-state index contributed by atoms with van der Waals surface area (Å²) >= 11 is 0. The molecule has 0 aliphatic heterocycles. The molecule has 0 amide bonds. The molecule has 0 spiro atoms. The second kappa shape index (κ2) is 15.2. The molecule has 0 radical (unpaired) electrons. The summed E-state index contributed by atoms with van der Waals surface area (Å²) in [6.45, 7) is 5.28. The van der Waals surface area contributed by atoms with Crippen LogP contribution in [0.5, 0.6) is 0 Å². The number of rotatable bonds is 12. The third-order valence-corrected chi connectivity index (χ3v) is 5.71. The molecule has 0 unspecified atom stereocenters. The van der Waals surface area contributed by atoms with Crippen molar-refractivity contribution < 1.29 is 17.5 Å². The van der Waals surface area contributed by atoms with E-state index in [-0.39, 0.29) is 4.90 Å². The molecule has 0 N–H and O–H groups in total. The van der Waals surface area contributed by atoms with Crippen molar-refractivity contribution in [3.63, 3.8) is 0 Å². The first kappa shape index (κ1) is 25.3. The highest BCUT2D eigenvalue weighted by atomic mass is 32.2. The first-order chi connectivity index (χ1) is 13.9. The second-order valence-corrected chi connectivity index (χ2v) is 8.94. The number of nitrogens with zero attached hydrogens (tertiary/aromatic N) is 1. The Labute approximate surface area is 177 Å². The molecule has 5 heteroatoms. The highest BCUT2D eigenvalue weighted by molar-refractivity contribution is 7.85. The molecule has 0 saturated heterocycles. The summed E-state index contributed by atoms with van der Waals surface area (Å²) < 4.78 is 33.4. The van der Waals surface area contributed by atoms with Crippen molar-refractivity contribution >= 4 is 10.1 Å². The lowest BCUT2D eigenvalue weighted by Crippen LogP contribution is -2.32. The minimum absolute atomic E-state index is 0.178. The van der Waals surface area contributed by atoms with Crippen molar-refractivity contribution in [2.24, 2.45) is 0 Å². The largest absolute Gasteiger partial charge is 0.744 e. The number of aryl methyl sites for hydroxylation is 2. The molecular weight excluding hydrogens is 382 g/mol. The number of hydrogen-bond acceptors (Lipinski definition) is 3. The minimum atomic E-state index is -4.27. The molecule has 0 fully saturated rings. The summed E-state index contributed by atoms with van der Waals surface area (Å²) in [5.41, 5.74) is 0.928. The average Bonchev–Trinajstić information content (AvgIpc) is 2.70. The number of aromatic nitrogens is 1. The van der Waals surface area contributed by atoms with Gasteiger partial charge < -0.3 is 4.55 Å². The normalized spacial score (nSPS) is 11.0. The highest BCUT2D eigenvalue weighted by Gasteiger charge is 1.98. The maximum absolute atomic E-state index is 10.4. The van der Waals surface area contributed by atoms with E-state index >= 15 is 0 Å². The average molecular weight is 420 g/mol. The van der Waals surface area contributed by atoms with E-state index in [0.717, 1.165) is 5.56 Å². The van der Waals surface area contributed by atoms with Gasteiger partial charge in [-0.25, -0.2) is 13.0 Å². The molecule has 0 aliphatic rings. The smallest absolute Gasteiger partial charge is 0.168 e. The molecule has 2 rings (SSSR count). The first-order valence-corrected chi connectivity index (χ1v) is 12.3. The molecule has 0 aliphatic carbocycles. The van der Waals surface area contributed by atoms with Gasteiger partial charge in [0.1, 0.15) is 16.7 Å². The van der Waals surface area contributed by atoms with Crippen LogP contribution in [0.15, 0.2) is 59.8 Å². The quantitative estimate of drug-likeness (QED) is 0.248. The number of pyridine rings is 1. The summed E-state index contributed by atoms with van der Waals surface area (Å²) in [6.07, 6.45) is 18.5. The molecule has 162 valence electrons. The van der Waals surface area contributed by atoms with Gasteiger partial charge in [0.25, 0.3) is 0 Å². The summed E-state index contributed by atoms with van der Waals surface area (Å²) in [5, 5.41) is 0. The van der Waals surface area contributed by atoms with E-state index in [0.29, 0.717) is 0 Å². The minimum Gasteiger partial charge on any atom is -0.744 e. The maximum Gasteiger partial charge on any atom is 0.168 e. The molecule has 0 saturated carbocycles. The van der Waals surface area contributed by atoms with Crippen LogP contribution in [0.2, 0.25) is 0 Å². The van der Waals surface area contributed by atoms with E-state index in [9.17, 15) is 13.0 Å². The number of hydrogen-bond donors (Lipinski definition) is 0. The topological polar surface area (TPSA) is 61.1 Å². The van der Waals surface area contributed by atoms with Crippen LogP contribution < -0.4 is 4.57 Å². The van der Waals surface area contributed by atoms with Crippen LogP contribution in [0.3, 0.4) is 0 Å². The van der Waals surface area contributed by atoms with Crippen molar-refractivity contribution in [3.05, 3.63) is 60.4 Å². The first-order valence-electron chi connectivity index (χ1n) is 10.9. The highest BCUT2D eigenvalue weighted by Crippen LogP contribution is 2.10. The summed E-state index contributed by atoms with van der Waals surface area (Å²) in [5.74, 6) is 0. The fourth-order valence-electron chi connectivity index (χ4n) is 3.07. The monoisotopic (exact) mass is 419 g/mol. The van der Waals surface area contributed by atoms with Gasteiger partial charge in [0.05, 0.1) is 4.90 Å². The van der Waals surface area contributed by atoms with Crippen LogP contribution in [0.1, 0.15) is 76.7 Å². The Kier molecular flexibility index (Phi) is 13.2. The molecule has 1 aromatic heterocycles. The van der Waals surface area contributed by atoms with E-state index in [1.807, 2.05) is 6.92 Å². The molecule has 1 aromatic carbocycles. The van der Waals surface area contributed by atoms with E-state index in [2.05, 4.69) is 42.1 Å². The second-order valence-electron chi connectivity index (χ2n) is 7.56. The van der Waals surface area contributed by atoms with Crippen LogP contribution in [0, 0.1) is 6.92 Å². The van der Waals surface area contributed by atoms with Crippen LogP contribution in [-0.2, 0) is 16.7 Å². The van der Waals surface area contributed by atoms with Crippen molar-refractivity contribution in [1.29, 1.82) is 0 Å². The van der Waals surface area contributed by atoms with Gasteiger partial charge in [-0.1, -0.05) is 82.1 Å². The van der Waals surface area contributed by atoms with Gasteiger partial charge in [-0.3, -0.25) is 0 Å². The van der Waals surface area contributed by atoms with Gasteiger partial charge in [-0.2, -0.15) is 0 Å². The van der Waals surface area contributed by atoms with Crippen LogP contribution in [0.25, 0.3) is 0 Å². The van der Waals surface area contributed by atoms with Crippen molar-refractivity contribution in [1.82, 2.24) is 0 Å². The summed E-state index contributed by atoms with van der Waals surface area (Å²) in [4.78, 5) is -0.178. The van der Waals surface area contributed by atoms with Gasteiger partial charge in [0, 0.05) is 18.6 Å². The van der Waals surface area contributed by atoms with Crippen molar-refractivity contribution in [3.8, 4) is 0 Å². The third-order valence-electron chi connectivity index (χ3n) is 4.86. The molecular formula is C24H37NO3S. The SMILES string of the molecule is CCCCCCCCCCCC[n+]1ccccc1.Cc1ccc(S(=O)(=O)[O-])cc1. The Morgan fingerprint density at radius 3 is 1.72 bits per heavy atom. The number of benzene rings is 1. The third kappa shape index (κ3) is 13.2. The zero-order valence-corrected chi connectivity index (χ0v) is 18.9. The summed E-state index contributed by atoms with van der Waals surface area (Å²) in [7, 11) is -4.27. The predicted octanol–water partition coefficient (Wildman–Crippen LogP) is 5.79. The van der Waals surface area contributed by atoms with Gasteiger partial charge in [0.15, 0.2) is 12.4 Å². The van der Waals surface area contributed by atoms with E-state index in [1.54, 1.807) is 12.1 Å². The lowest BCUT2D eigenvalue weighted by atomic mass is 10.1. The van der Waals surface area contributed by atoms with Gasteiger partial charge in [-0.15, -0.1) is 0 Å². The Bertz CT molecular complexity index is 743. The zero-order chi connectivity index (χ0) is 21.4. The van der Waals surface area contributed by atoms with Gasteiger partial charge in [0.2, 0.25) is 0 Å². The zero-order valence-electron chi connectivity index (χ0n) is 18.1. The fraction of sp³-hybridized carbons (Fsp3) is 0.542. The van der Waals surface area contributed by atoms with Crippen molar-refractivity contribution in [2.45, 2.75) is 89.5 Å². The Balaban J connectivity index is 0.000000326. The predicted molar refractivity (Wildman–Crippen MR) is 118 cm³/mol. The lowest BCUT2D eigenvalue weighted by molar-refractivity contribution is -0.697. The van der Waals surface area contributed by atoms with Gasteiger partial charge in [-0.05, 0) is 25.5 Å². The van der Waals surface area contributed by atoms with E-state index in [4.69, 9.17) is 0 Å². The van der Waals surface area contributed by atoms with Gasteiger partial charge >= 0.3 is 0 Å².